The molecule has 1 aliphatic heterocycles. The van der Waals surface area contributed by atoms with Crippen molar-refractivity contribution in [3.8, 4) is 0 Å². The van der Waals surface area contributed by atoms with E-state index in [1.807, 2.05) is 37.2 Å². The lowest BCUT2D eigenvalue weighted by Gasteiger charge is -2.27. The van der Waals surface area contributed by atoms with Crippen molar-refractivity contribution >= 4 is 23.2 Å². The van der Waals surface area contributed by atoms with E-state index in [9.17, 15) is 4.79 Å². The molecular weight excluding hydrogens is 236 g/mol. The first kappa shape index (κ1) is 12.4. The van der Waals surface area contributed by atoms with E-state index in [0.29, 0.717) is 11.4 Å². The second-order valence-corrected chi connectivity index (χ2v) is 5.07. The van der Waals surface area contributed by atoms with Crippen molar-refractivity contribution in [3.05, 3.63) is 35.7 Å². The first-order valence-electron chi connectivity index (χ1n) is 5.57. The monoisotopic (exact) mass is 251 g/mol. The first-order valence-corrected chi connectivity index (χ1v) is 5.95. The Balaban J connectivity index is 2.28. The van der Waals surface area contributed by atoms with Crippen LogP contribution in [0.2, 0.25) is 5.02 Å². The summed E-state index contributed by atoms with van der Waals surface area (Å²) in [5.41, 5.74) is 1.94. The van der Waals surface area contributed by atoms with Gasteiger partial charge in [0, 0.05) is 23.3 Å². The van der Waals surface area contributed by atoms with Crippen LogP contribution in [0.5, 0.6) is 0 Å². The van der Waals surface area contributed by atoms with Crippen LogP contribution in [0.15, 0.2) is 18.2 Å². The zero-order valence-corrected chi connectivity index (χ0v) is 10.9. The van der Waals surface area contributed by atoms with Crippen LogP contribution >= 0.6 is 11.6 Å². The van der Waals surface area contributed by atoms with E-state index >= 15 is 0 Å². The summed E-state index contributed by atoms with van der Waals surface area (Å²) in [7, 11) is 3.95. The molecule has 1 unspecified atom stereocenters. The summed E-state index contributed by atoms with van der Waals surface area (Å²) in [4.78, 5) is 15.8. The molecule has 0 spiro atoms. The molecule has 17 heavy (non-hydrogen) atoms. The van der Waals surface area contributed by atoms with Crippen molar-refractivity contribution < 1.29 is 4.79 Å². The minimum absolute atomic E-state index is 0.0695. The van der Waals surface area contributed by atoms with E-state index in [0.717, 1.165) is 17.8 Å². The standard InChI is InChI=1S/C13H16ClN2O/c1-9(8-15(2)3)16-12-5-4-11(14)6-10(12)7-13(16)17/h4-6,9H,1,7-8H2,2-3H3. The number of rotatable bonds is 3. The number of fused-ring (bicyclic) bond motifs is 1. The number of halogens is 1. The molecule has 4 heteroatoms. The number of carbonyl (C=O) groups excluding carboxylic acids is 1. The summed E-state index contributed by atoms with van der Waals surface area (Å²) in [6, 6.07) is 5.50. The van der Waals surface area contributed by atoms with Gasteiger partial charge < -0.3 is 9.80 Å². The molecular formula is C13H16ClN2O. The third kappa shape index (κ3) is 2.45. The second kappa shape index (κ2) is 4.67. The molecule has 0 saturated carbocycles. The minimum atomic E-state index is -0.0695. The van der Waals surface area contributed by atoms with Gasteiger partial charge in [0.25, 0.3) is 0 Å². The van der Waals surface area contributed by atoms with Gasteiger partial charge in [0.1, 0.15) is 0 Å². The highest BCUT2D eigenvalue weighted by atomic mass is 35.5. The summed E-state index contributed by atoms with van der Waals surface area (Å²) in [5, 5.41) is 0.673. The smallest absolute Gasteiger partial charge is 0.231 e. The van der Waals surface area contributed by atoms with E-state index in [1.165, 1.54) is 0 Å². The van der Waals surface area contributed by atoms with Crippen LogP contribution in [0.25, 0.3) is 0 Å². The Bertz CT molecular complexity index is 445. The van der Waals surface area contributed by atoms with Gasteiger partial charge in [-0.2, -0.15) is 0 Å². The normalized spacial score (nSPS) is 16.5. The van der Waals surface area contributed by atoms with E-state index < -0.39 is 0 Å². The number of nitrogens with zero attached hydrogens (tertiary/aromatic N) is 2. The van der Waals surface area contributed by atoms with Gasteiger partial charge in [0.2, 0.25) is 5.91 Å². The van der Waals surface area contributed by atoms with Gasteiger partial charge in [-0.25, -0.2) is 0 Å². The zero-order valence-electron chi connectivity index (χ0n) is 10.1. The Morgan fingerprint density at radius 1 is 1.53 bits per heavy atom. The van der Waals surface area contributed by atoms with Gasteiger partial charge in [0.15, 0.2) is 0 Å². The van der Waals surface area contributed by atoms with Gasteiger partial charge in [-0.3, -0.25) is 4.79 Å². The highest BCUT2D eigenvalue weighted by molar-refractivity contribution is 6.30. The maximum absolute atomic E-state index is 12.0. The molecule has 1 aromatic rings. The third-order valence-electron chi connectivity index (χ3n) is 2.85. The van der Waals surface area contributed by atoms with Crippen LogP contribution in [0.1, 0.15) is 5.56 Å². The van der Waals surface area contributed by atoms with Gasteiger partial charge in [-0.05, 0) is 44.8 Å². The molecule has 1 aliphatic rings. The molecule has 0 aliphatic carbocycles. The topological polar surface area (TPSA) is 23.6 Å². The molecule has 91 valence electrons. The van der Waals surface area contributed by atoms with Crippen molar-refractivity contribution in [2.75, 3.05) is 25.5 Å². The number of benzene rings is 1. The number of hydrogen-bond acceptors (Lipinski definition) is 2. The van der Waals surface area contributed by atoms with Crippen molar-refractivity contribution in [1.29, 1.82) is 0 Å². The highest BCUT2D eigenvalue weighted by Crippen LogP contribution is 2.32. The van der Waals surface area contributed by atoms with Crippen LogP contribution in [-0.4, -0.2) is 37.5 Å². The maximum Gasteiger partial charge on any atom is 0.231 e. The average Bonchev–Trinajstić information content (AvgIpc) is 2.51. The molecule has 1 heterocycles. The number of anilines is 1. The van der Waals surface area contributed by atoms with Crippen molar-refractivity contribution in [2.45, 2.75) is 12.5 Å². The Kier molecular flexibility index (Phi) is 3.40. The van der Waals surface area contributed by atoms with E-state index in [-0.39, 0.29) is 11.9 Å². The van der Waals surface area contributed by atoms with Crippen LogP contribution in [0, 0.1) is 6.92 Å². The number of likely N-dealkylation sites (N-methyl/N-ethyl adjacent to an activating group) is 1. The number of carbonyl (C=O) groups is 1. The Labute approximate surface area is 107 Å². The third-order valence-corrected chi connectivity index (χ3v) is 3.09. The fourth-order valence-corrected chi connectivity index (χ4v) is 2.41. The van der Waals surface area contributed by atoms with Crippen LogP contribution in [-0.2, 0) is 11.2 Å². The Morgan fingerprint density at radius 3 is 2.88 bits per heavy atom. The SMILES string of the molecule is [CH2]C(CN(C)C)N1C(=O)Cc2cc(Cl)ccc21. The maximum atomic E-state index is 12.0. The summed E-state index contributed by atoms with van der Waals surface area (Å²) in [6.45, 7) is 4.81. The molecule has 1 aromatic carbocycles. The molecule has 1 radical (unpaired) electrons. The number of hydrogen-bond donors (Lipinski definition) is 0. The fourth-order valence-electron chi connectivity index (χ4n) is 2.22. The van der Waals surface area contributed by atoms with Crippen LogP contribution < -0.4 is 4.90 Å². The first-order chi connectivity index (χ1) is 7.99. The van der Waals surface area contributed by atoms with Gasteiger partial charge in [0.05, 0.1) is 6.42 Å². The van der Waals surface area contributed by atoms with Crippen molar-refractivity contribution in [3.63, 3.8) is 0 Å². The molecule has 0 fully saturated rings. The second-order valence-electron chi connectivity index (χ2n) is 4.63. The van der Waals surface area contributed by atoms with Crippen LogP contribution in [0.4, 0.5) is 5.69 Å². The molecule has 0 aromatic heterocycles. The van der Waals surface area contributed by atoms with E-state index in [4.69, 9.17) is 11.6 Å². The predicted octanol–water partition coefficient (Wildman–Crippen LogP) is 1.99. The molecule has 3 nitrogen and oxygen atoms in total. The number of amides is 1. The average molecular weight is 252 g/mol. The van der Waals surface area contributed by atoms with Crippen molar-refractivity contribution in [1.82, 2.24) is 4.90 Å². The molecule has 0 bridgehead atoms. The summed E-state index contributed by atoms with van der Waals surface area (Å²) >= 11 is 5.93. The largest absolute Gasteiger partial charge is 0.307 e. The lowest BCUT2D eigenvalue weighted by molar-refractivity contribution is -0.117. The minimum Gasteiger partial charge on any atom is -0.307 e. The van der Waals surface area contributed by atoms with E-state index in [2.05, 4.69) is 6.92 Å². The lowest BCUT2D eigenvalue weighted by atomic mass is 10.1. The zero-order chi connectivity index (χ0) is 12.6. The summed E-state index contributed by atoms with van der Waals surface area (Å²) < 4.78 is 0. The fraction of sp³-hybridized carbons (Fsp3) is 0.385. The van der Waals surface area contributed by atoms with E-state index in [1.54, 1.807) is 4.90 Å². The van der Waals surface area contributed by atoms with Gasteiger partial charge in [-0.1, -0.05) is 11.6 Å². The molecule has 2 rings (SSSR count). The van der Waals surface area contributed by atoms with Gasteiger partial charge >= 0.3 is 0 Å². The summed E-state index contributed by atoms with van der Waals surface area (Å²) in [5.74, 6) is 0.101. The Morgan fingerprint density at radius 2 is 2.24 bits per heavy atom. The molecule has 0 N–H and O–H groups in total. The molecule has 0 saturated heterocycles. The summed E-state index contributed by atoms with van der Waals surface area (Å²) in [6.07, 6.45) is 0.426. The predicted molar refractivity (Wildman–Crippen MR) is 70.3 cm³/mol. The quantitative estimate of drug-likeness (QED) is 0.820. The van der Waals surface area contributed by atoms with Gasteiger partial charge in [-0.15, -0.1) is 0 Å². The van der Waals surface area contributed by atoms with Crippen LogP contribution in [0.3, 0.4) is 0 Å². The highest BCUT2D eigenvalue weighted by Gasteiger charge is 2.31. The van der Waals surface area contributed by atoms with Crippen molar-refractivity contribution in [2.24, 2.45) is 0 Å². The Hall–Kier alpha value is -1.06. The lowest BCUT2D eigenvalue weighted by Crippen LogP contribution is -2.42. The molecule has 1 atom stereocenters. The molecule has 1 amide bonds.